The molecule has 5 unspecified atom stereocenters. The second-order valence-electron chi connectivity index (χ2n) is 7.51. The molecular formula is C22H26N2O6S. The van der Waals surface area contributed by atoms with Crippen LogP contribution in [-0.4, -0.2) is 73.0 Å². The molecular weight excluding hydrogens is 420 g/mol. The molecule has 0 saturated carbocycles. The third kappa shape index (κ3) is 4.72. The van der Waals surface area contributed by atoms with Crippen molar-refractivity contribution < 1.29 is 29.9 Å². The number of benzene rings is 2. The van der Waals surface area contributed by atoms with Gasteiger partial charge in [-0.2, -0.15) is 0 Å². The lowest BCUT2D eigenvalue weighted by atomic mass is 10.0. The number of hydrogen-bond donors (Lipinski definition) is 4. The molecule has 2 heterocycles. The Morgan fingerprint density at radius 3 is 2.65 bits per heavy atom. The molecule has 1 aliphatic heterocycles. The predicted octanol–water partition coefficient (Wildman–Crippen LogP) is 1.32. The minimum Gasteiger partial charge on any atom is -0.492 e. The molecule has 3 aromatic rings. The van der Waals surface area contributed by atoms with Crippen LogP contribution < -0.4 is 4.74 Å². The summed E-state index contributed by atoms with van der Waals surface area (Å²) in [6, 6.07) is 15.5. The molecule has 1 fully saturated rings. The Balaban J connectivity index is 1.54. The molecule has 0 amide bonds. The largest absolute Gasteiger partial charge is 0.492 e. The summed E-state index contributed by atoms with van der Waals surface area (Å²) in [4.78, 5) is 4.65. The van der Waals surface area contributed by atoms with E-state index < -0.39 is 36.5 Å². The summed E-state index contributed by atoms with van der Waals surface area (Å²) in [6.07, 6.45) is -5.11. The number of para-hydroxylation sites is 2. The number of ether oxygens (including phenoxy) is 2. The SMILES string of the molecule is Cc1cccc(OCCn2c(SC3OC(CO)C(O)C(O)C3O)nc3ccccc32)c1. The first-order valence-corrected chi connectivity index (χ1v) is 11.0. The first kappa shape index (κ1) is 22.1. The van der Waals surface area contributed by atoms with E-state index >= 15 is 0 Å². The van der Waals surface area contributed by atoms with Gasteiger partial charge < -0.3 is 34.5 Å². The monoisotopic (exact) mass is 446 g/mol. The number of aryl methyl sites for hydroxylation is 1. The fourth-order valence-electron chi connectivity index (χ4n) is 3.59. The first-order valence-electron chi connectivity index (χ1n) is 10.1. The van der Waals surface area contributed by atoms with E-state index in [9.17, 15) is 20.4 Å². The Labute approximate surface area is 184 Å². The van der Waals surface area contributed by atoms with Crippen LogP contribution in [-0.2, 0) is 11.3 Å². The van der Waals surface area contributed by atoms with E-state index in [1.54, 1.807) is 0 Å². The van der Waals surface area contributed by atoms with E-state index in [1.165, 1.54) is 0 Å². The van der Waals surface area contributed by atoms with Crippen molar-refractivity contribution in [2.24, 2.45) is 0 Å². The Hall–Kier alpha value is -2.14. The minimum absolute atomic E-state index is 0.409. The normalized spacial score (nSPS) is 26.3. The fraction of sp³-hybridized carbons (Fsp3) is 0.409. The highest BCUT2D eigenvalue weighted by molar-refractivity contribution is 7.99. The van der Waals surface area contributed by atoms with E-state index in [1.807, 2.05) is 60.0 Å². The molecule has 166 valence electrons. The van der Waals surface area contributed by atoms with Crippen LogP contribution in [0.2, 0.25) is 0 Å². The summed E-state index contributed by atoms with van der Waals surface area (Å²) in [7, 11) is 0. The molecule has 0 radical (unpaired) electrons. The summed E-state index contributed by atoms with van der Waals surface area (Å²) in [5.74, 6) is 0.785. The summed E-state index contributed by atoms with van der Waals surface area (Å²) in [5.41, 5.74) is 1.90. The van der Waals surface area contributed by atoms with E-state index in [0.717, 1.165) is 34.1 Å². The van der Waals surface area contributed by atoms with Gasteiger partial charge in [0.2, 0.25) is 0 Å². The van der Waals surface area contributed by atoms with Crippen molar-refractivity contribution in [1.29, 1.82) is 0 Å². The molecule has 2 aromatic carbocycles. The second-order valence-corrected chi connectivity index (χ2v) is 8.58. The zero-order valence-corrected chi connectivity index (χ0v) is 17.9. The van der Waals surface area contributed by atoms with Crippen LogP contribution in [0.5, 0.6) is 5.75 Å². The Morgan fingerprint density at radius 1 is 1.06 bits per heavy atom. The maximum absolute atomic E-state index is 10.4. The number of aliphatic hydroxyl groups is 4. The van der Waals surface area contributed by atoms with Gasteiger partial charge in [-0.15, -0.1) is 0 Å². The fourth-order valence-corrected chi connectivity index (χ4v) is 4.76. The first-order chi connectivity index (χ1) is 15.0. The Bertz CT molecular complexity index is 1030. The van der Waals surface area contributed by atoms with Crippen molar-refractivity contribution in [3.8, 4) is 5.75 Å². The van der Waals surface area contributed by atoms with Crippen molar-refractivity contribution in [2.75, 3.05) is 13.2 Å². The highest BCUT2D eigenvalue weighted by Crippen LogP contribution is 2.34. The van der Waals surface area contributed by atoms with Crippen LogP contribution in [0.4, 0.5) is 0 Å². The van der Waals surface area contributed by atoms with Gasteiger partial charge in [-0.3, -0.25) is 0 Å². The summed E-state index contributed by atoms with van der Waals surface area (Å²) < 4.78 is 13.5. The predicted molar refractivity (Wildman–Crippen MR) is 116 cm³/mol. The van der Waals surface area contributed by atoms with E-state index in [2.05, 4.69) is 4.98 Å². The molecule has 4 N–H and O–H groups in total. The molecule has 0 spiro atoms. The zero-order chi connectivity index (χ0) is 22.0. The van der Waals surface area contributed by atoms with Gasteiger partial charge in [0.25, 0.3) is 0 Å². The van der Waals surface area contributed by atoms with E-state index in [4.69, 9.17) is 9.47 Å². The van der Waals surface area contributed by atoms with Crippen LogP contribution in [0.1, 0.15) is 5.56 Å². The quantitative estimate of drug-likeness (QED) is 0.429. The molecule has 31 heavy (non-hydrogen) atoms. The number of aliphatic hydroxyl groups excluding tert-OH is 4. The lowest BCUT2D eigenvalue weighted by molar-refractivity contribution is -0.205. The van der Waals surface area contributed by atoms with Crippen molar-refractivity contribution in [3.63, 3.8) is 0 Å². The van der Waals surface area contributed by atoms with Gasteiger partial charge in [-0.05, 0) is 36.8 Å². The Morgan fingerprint density at radius 2 is 1.87 bits per heavy atom. The average Bonchev–Trinajstić information content (AvgIpc) is 3.11. The lowest BCUT2D eigenvalue weighted by Gasteiger charge is -2.39. The molecule has 1 saturated heterocycles. The number of fused-ring (bicyclic) bond motifs is 1. The zero-order valence-electron chi connectivity index (χ0n) is 17.0. The minimum atomic E-state index is -1.43. The van der Waals surface area contributed by atoms with Gasteiger partial charge in [-0.1, -0.05) is 36.0 Å². The van der Waals surface area contributed by atoms with E-state index in [-0.39, 0.29) is 0 Å². The van der Waals surface area contributed by atoms with Crippen molar-refractivity contribution >= 4 is 22.8 Å². The van der Waals surface area contributed by atoms with Crippen LogP contribution in [0, 0.1) is 6.92 Å². The van der Waals surface area contributed by atoms with Crippen LogP contribution in [0.15, 0.2) is 53.7 Å². The van der Waals surface area contributed by atoms with Crippen LogP contribution in [0.25, 0.3) is 11.0 Å². The van der Waals surface area contributed by atoms with Crippen LogP contribution >= 0.6 is 11.8 Å². The van der Waals surface area contributed by atoms with Crippen molar-refractivity contribution in [1.82, 2.24) is 9.55 Å². The van der Waals surface area contributed by atoms with Gasteiger partial charge >= 0.3 is 0 Å². The second kappa shape index (κ2) is 9.56. The van der Waals surface area contributed by atoms with Crippen molar-refractivity contribution in [2.45, 2.75) is 48.5 Å². The molecule has 4 rings (SSSR count). The van der Waals surface area contributed by atoms with Gasteiger partial charge in [0.1, 0.15) is 42.2 Å². The average molecular weight is 447 g/mol. The van der Waals surface area contributed by atoms with Crippen LogP contribution in [0.3, 0.4) is 0 Å². The van der Waals surface area contributed by atoms with Gasteiger partial charge in [0.05, 0.1) is 24.2 Å². The number of imidazole rings is 1. The number of aromatic nitrogens is 2. The van der Waals surface area contributed by atoms with Gasteiger partial charge in [-0.25, -0.2) is 4.98 Å². The Kier molecular flexibility index (Phi) is 6.80. The smallest absolute Gasteiger partial charge is 0.171 e. The lowest BCUT2D eigenvalue weighted by Crippen LogP contribution is -2.57. The molecule has 1 aliphatic rings. The maximum atomic E-state index is 10.4. The third-order valence-electron chi connectivity index (χ3n) is 5.26. The van der Waals surface area contributed by atoms with Gasteiger partial charge in [0, 0.05) is 0 Å². The van der Waals surface area contributed by atoms with Crippen molar-refractivity contribution in [3.05, 3.63) is 54.1 Å². The van der Waals surface area contributed by atoms with E-state index in [0.29, 0.717) is 18.3 Å². The maximum Gasteiger partial charge on any atom is 0.171 e. The summed E-state index contributed by atoms with van der Waals surface area (Å²) >= 11 is 1.14. The highest BCUT2D eigenvalue weighted by atomic mass is 32.2. The third-order valence-corrected chi connectivity index (χ3v) is 6.41. The number of nitrogens with zero attached hydrogens (tertiary/aromatic N) is 2. The van der Waals surface area contributed by atoms with Gasteiger partial charge in [0.15, 0.2) is 5.16 Å². The number of rotatable bonds is 7. The molecule has 0 aliphatic carbocycles. The molecule has 8 nitrogen and oxygen atoms in total. The molecule has 0 bridgehead atoms. The molecule has 1 aromatic heterocycles. The summed E-state index contributed by atoms with van der Waals surface area (Å²) in [6.45, 7) is 2.45. The summed E-state index contributed by atoms with van der Waals surface area (Å²) in [5, 5.41) is 40.5. The topological polar surface area (TPSA) is 117 Å². The molecule has 9 heteroatoms. The highest BCUT2D eigenvalue weighted by Gasteiger charge is 2.44. The standard InChI is InChI=1S/C22H26N2O6S/c1-13-5-4-6-14(11-13)29-10-9-24-16-8-3-2-7-15(16)23-22(24)31-21-20(28)19(27)18(26)17(12-25)30-21/h2-8,11,17-21,25-28H,9-10,12H2,1H3. The number of thioether (sulfide) groups is 1. The molecule has 5 atom stereocenters. The number of hydrogen-bond acceptors (Lipinski definition) is 8.